The van der Waals surface area contributed by atoms with Crippen LogP contribution in [0.2, 0.25) is 0 Å². The molecule has 0 aromatic heterocycles. The molecule has 0 saturated heterocycles. The van der Waals surface area contributed by atoms with E-state index < -0.39 is 0 Å². The standard InChI is InChI=1S/C18H22N2O3/c1-13-6-7-16(17(10-13)23-9-8-22-2)20-18(21)12-14-4-3-5-15(19)11-14/h3-7,10-11H,8-9,12,19H2,1-2H3,(H,20,21). The maximum absolute atomic E-state index is 12.2. The maximum atomic E-state index is 12.2. The zero-order valence-electron chi connectivity index (χ0n) is 13.5. The van der Waals surface area contributed by atoms with Crippen molar-refractivity contribution < 1.29 is 14.3 Å². The molecule has 3 N–H and O–H groups in total. The Morgan fingerprint density at radius 2 is 2.00 bits per heavy atom. The second kappa shape index (κ2) is 8.19. The molecule has 1 amide bonds. The molecule has 2 rings (SSSR count). The number of carbonyl (C=O) groups is 1. The fourth-order valence-corrected chi connectivity index (χ4v) is 2.17. The van der Waals surface area contributed by atoms with Gasteiger partial charge in [-0.25, -0.2) is 0 Å². The highest BCUT2D eigenvalue weighted by Crippen LogP contribution is 2.26. The minimum absolute atomic E-state index is 0.115. The number of nitrogens with one attached hydrogen (secondary N) is 1. The molecule has 0 aliphatic heterocycles. The van der Waals surface area contributed by atoms with Crippen molar-refractivity contribution in [1.29, 1.82) is 0 Å². The van der Waals surface area contributed by atoms with Gasteiger partial charge in [0, 0.05) is 12.8 Å². The summed E-state index contributed by atoms with van der Waals surface area (Å²) in [5, 5.41) is 2.89. The normalized spacial score (nSPS) is 10.3. The second-order valence-corrected chi connectivity index (χ2v) is 5.31. The van der Waals surface area contributed by atoms with E-state index in [9.17, 15) is 4.79 Å². The van der Waals surface area contributed by atoms with Crippen molar-refractivity contribution in [2.75, 3.05) is 31.4 Å². The van der Waals surface area contributed by atoms with Gasteiger partial charge < -0.3 is 20.5 Å². The number of hydrogen-bond donors (Lipinski definition) is 2. The van der Waals surface area contributed by atoms with Crippen molar-refractivity contribution in [2.45, 2.75) is 13.3 Å². The number of rotatable bonds is 7. The molecule has 0 aliphatic rings. The summed E-state index contributed by atoms with van der Waals surface area (Å²) in [5.41, 5.74) is 8.97. The van der Waals surface area contributed by atoms with Gasteiger partial charge in [-0.1, -0.05) is 18.2 Å². The fourth-order valence-electron chi connectivity index (χ4n) is 2.17. The summed E-state index contributed by atoms with van der Waals surface area (Å²) in [5.74, 6) is 0.527. The van der Waals surface area contributed by atoms with Gasteiger partial charge in [-0.3, -0.25) is 4.79 Å². The molecular weight excluding hydrogens is 292 g/mol. The van der Waals surface area contributed by atoms with Crippen LogP contribution in [0.3, 0.4) is 0 Å². The molecule has 0 heterocycles. The maximum Gasteiger partial charge on any atom is 0.228 e. The zero-order valence-corrected chi connectivity index (χ0v) is 13.5. The SMILES string of the molecule is COCCOc1cc(C)ccc1NC(=O)Cc1cccc(N)c1. The number of nitrogens with two attached hydrogens (primary N) is 1. The van der Waals surface area contributed by atoms with Crippen molar-refractivity contribution in [1.82, 2.24) is 0 Å². The number of nitrogen functional groups attached to an aromatic ring is 1. The average molecular weight is 314 g/mol. The van der Waals surface area contributed by atoms with Crippen LogP contribution >= 0.6 is 0 Å². The third kappa shape index (κ3) is 5.30. The molecule has 0 radical (unpaired) electrons. The van der Waals surface area contributed by atoms with Crippen LogP contribution in [0.4, 0.5) is 11.4 Å². The fraction of sp³-hybridized carbons (Fsp3) is 0.278. The summed E-state index contributed by atoms with van der Waals surface area (Å²) >= 11 is 0. The average Bonchev–Trinajstić information content (AvgIpc) is 2.50. The van der Waals surface area contributed by atoms with Crippen LogP contribution in [0.25, 0.3) is 0 Å². The lowest BCUT2D eigenvalue weighted by Crippen LogP contribution is -2.16. The second-order valence-electron chi connectivity index (χ2n) is 5.31. The molecular formula is C18H22N2O3. The molecule has 2 aromatic carbocycles. The quantitative estimate of drug-likeness (QED) is 0.609. The van der Waals surface area contributed by atoms with Crippen LogP contribution in [0, 0.1) is 6.92 Å². The summed E-state index contributed by atoms with van der Waals surface area (Å²) in [6, 6.07) is 13.0. The summed E-state index contributed by atoms with van der Waals surface area (Å²) in [7, 11) is 1.62. The highest BCUT2D eigenvalue weighted by Gasteiger charge is 2.09. The molecule has 0 saturated carbocycles. The molecule has 0 bridgehead atoms. The number of carbonyl (C=O) groups excluding carboxylic acids is 1. The van der Waals surface area contributed by atoms with Crippen LogP contribution < -0.4 is 15.8 Å². The molecule has 0 unspecified atom stereocenters. The number of hydrogen-bond acceptors (Lipinski definition) is 4. The van der Waals surface area contributed by atoms with Gasteiger partial charge in [0.1, 0.15) is 12.4 Å². The van der Waals surface area contributed by atoms with Gasteiger partial charge in [0.25, 0.3) is 0 Å². The Bertz CT molecular complexity index is 671. The largest absolute Gasteiger partial charge is 0.489 e. The first kappa shape index (κ1) is 16.8. The van der Waals surface area contributed by atoms with E-state index in [4.69, 9.17) is 15.2 Å². The van der Waals surface area contributed by atoms with E-state index in [-0.39, 0.29) is 12.3 Å². The molecule has 23 heavy (non-hydrogen) atoms. The van der Waals surface area contributed by atoms with Gasteiger partial charge in [-0.05, 0) is 42.3 Å². The minimum atomic E-state index is -0.115. The van der Waals surface area contributed by atoms with Gasteiger partial charge in [-0.15, -0.1) is 0 Å². The highest BCUT2D eigenvalue weighted by atomic mass is 16.5. The predicted molar refractivity (Wildman–Crippen MR) is 91.7 cm³/mol. The highest BCUT2D eigenvalue weighted by molar-refractivity contribution is 5.93. The van der Waals surface area contributed by atoms with Gasteiger partial charge in [0.15, 0.2) is 0 Å². The predicted octanol–water partition coefficient (Wildman–Crippen LogP) is 2.78. The number of methoxy groups -OCH3 is 1. The molecule has 0 fully saturated rings. The van der Waals surface area contributed by atoms with E-state index in [1.165, 1.54) is 0 Å². The summed E-state index contributed by atoms with van der Waals surface area (Å²) in [4.78, 5) is 12.2. The number of amides is 1. The molecule has 5 heteroatoms. The Kier molecular flexibility index (Phi) is 6.00. The molecule has 5 nitrogen and oxygen atoms in total. The first-order valence-electron chi connectivity index (χ1n) is 7.45. The lowest BCUT2D eigenvalue weighted by atomic mass is 10.1. The Hall–Kier alpha value is -2.53. The topological polar surface area (TPSA) is 73.6 Å². The third-order valence-corrected chi connectivity index (χ3v) is 3.27. The Balaban J connectivity index is 2.04. The number of ether oxygens (including phenoxy) is 2. The van der Waals surface area contributed by atoms with Crippen molar-refractivity contribution in [3.63, 3.8) is 0 Å². The van der Waals surface area contributed by atoms with Crippen LogP contribution in [0.5, 0.6) is 5.75 Å². The Morgan fingerprint density at radius 1 is 1.17 bits per heavy atom. The number of anilines is 2. The molecule has 0 spiro atoms. The Labute approximate surface area is 136 Å². The summed E-state index contributed by atoms with van der Waals surface area (Å²) in [6.45, 7) is 2.89. The van der Waals surface area contributed by atoms with Gasteiger partial charge in [0.2, 0.25) is 5.91 Å². The zero-order chi connectivity index (χ0) is 16.7. The number of aryl methyl sites for hydroxylation is 1. The lowest BCUT2D eigenvalue weighted by Gasteiger charge is -2.13. The van der Waals surface area contributed by atoms with Crippen LogP contribution in [-0.4, -0.2) is 26.2 Å². The number of benzene rings is 2. The first-order chi connectivity index (χ1) is 11.1. The first-order valence-corrected chi connectivity index (χ1v) is 7.45. The van der Waals surface area contributed by atoms with Crippen molar-refractivity contribution in [2.24, 2.45) is 0 Å². The van der Waals surface area contributed by atoms with E-state index in [0.717, 1.165) is 11.1 Å². The van der Waals surface area contributed by atoms with Crippen LogP contribution in [0.15, 0.2) is 42.5 Å². The lowest BCUT2D eigenvalue weighted by molar-refractivity contribution is -0.115. The molecule has 2 aromatic rings. The minimum Gasteiger partial charge on any atom is -0.489 e. The van der Waals surface area contributed by atoms with E-state index in [1.807, 2.05) is 37.3 Å². The van der Waals surface area contributed by atoms with Crippen molar-refractivity contribution in [3.05, 3.63) is 53.6 Å². The van der Waals surface area contributed by atoms with Gasteiger partial charge in [-0.2, -0.15) is 0 Å². The van der Waals surface area contributed by atoms with E-state index in [1.54, 1.807) is 19.2 Å². The Morgan fingerprint density at radius 3 is 2.74 bits per heavy atom. The molecule has 122 valence electrons. The van der Waals surface area contributed by atoms with Crippen LogP contribution in [0.1, 0.15) is 11.1 Å². The molecule has 0 aliphatic carbocycles. The molecule has 0 atom stereocenters. The summed E-state index contributed by atoms with van der Waals surface area (Å²) in [6.07, 6.45) is 0.260. The smallest absolute Gasteiger partial charge is 0.228 e. The van der Waals surface area contributed by atoms with Crippen molar-refractivity contribution >= 4 is 17.3 Å². The summed E-state index contributed by atoms with van der Waals surface area (Å²) < 4.78 is 10.6. The third-order valence-electron chi connectivity index (χ3n) is 3.27. The van der Waals surface area contributed by atoms with Crippen LogP contribution in [-0.2, 0) is 16.0 Å². The monoisotopic (exact) mass is 314 g/mol. The van der Waals surface area contributed by atoms with Gasteiger partial charge >= 0.3 is 0 Å². The van der Waals surface area contributed by atoms with E-state index in [2.05, 4.69) is 5.32 Å². The van der Waals surface area contributed by atoms with E-state index >= 15 is 0 Å². The van der Waals surface area contributed by atoms with Crippen molar-refractivity contribution in [3.8, 4) is 5.75 Å². The van der Waals surface area contributed by atoms with Gasteiger partial charge in [0.05, 0.1) is 18.7 Å². The van der Waals surface area contributed by atoms with E-state index in [0.29, 0.717) is 30.3 Å².